The van der Waals surface area contributed by atoms with E-state index in [0.29, 0.717) is 6.04 Å². The van der Waals surface area contributed by atoms with Crippen molar-refractivity contribution in [2.45, 2.75) is 18.9 Å². The van der Waals surface area contributed by atoms with E-state index in [-0.39, 0.29) is 0 Å². The summed E-state index contributed by atoms with van der Waals surface area (Å²) in [6, 6.07) is 6.41. The Morgan fingerprint density at radius 2 is 2.26 bits per heavy atom. The average Bonchev–Trinajstić information content (AvgIpc) is 2.43. The lowest BCUT2D eigenvalue weighted by atomic mass is 10.00. The van der Waals surface area contributed by atoms with Crippen molar-refractivity contribution < 1.29 is 9.47 Å². The molecule has 0 saturated heterocycles. The van der Waals surface area contributed by atoms with Crippen molar-refractivity contribution in [1.29, 1.82) is 0 Å². The van der Waals surface area contributed by atoms with E-state index in [1.54, 1.807) is 7.11 Å². The predicted octanol–water partition coefficient (Wildman–Crippen LogP) is 2.06. The molecule has 106 valence electrons. The van der Waals surface area contributed by atoms with Crippen LogP contribution in [-0.4, -0.2) is 45.8 Å². The number of hydrogen-bond donors (Lipinski definition) is 1. The van der Waals surface area contributed by atoms with E-state index in [9.17, 15) is 0 Å². The number of benzene rings is 1. The number of rotatable bonds is 6. The number of hydrogen-bond acceptors (Lipinski definition) is 4. The summed E-state index contributed by atoms with van der Waals surface area (Å²) < 4.78 is 11.0. The van der Waals surface area contributed by atoms with Gasteiger partial charge < -0.3 is 19.7 Å². The molecule has 19 heavy (non-hydrogen) atoms. The first kappa shape index (κ1) is 14.2. The predicted molar refractivity (Wildman–Crippen MR) is 77.0 cm³/mol. The molecule has 0 amide bonds. The van der Waals surface area contributed by atoms with Gasteiger partial charge >= 0.3 is 0 Å². The highest BCUT2D eigenvalue weighted by Gasteiger charge is 2.21. The molecular weight excluding hydrogens is 240 g/mol. The maximum absolute atomic E-state index is 5.69. The summed E-state index contributed by atoms with van der Waals surface area (Å²) >= 11 is 0. The minimum absolute atomic E-state index is 0.376. The van der Waals surface area contributed by atoms with Crippen LogP contribution in [0.4, 0.5) is 0 Å². The summed E-state index contributed by atoms with van der Waals surface area (Å²) in [5, 5.41) is 3.62. The van der Waals surface area contributed by atoms with Crippen LogP contribution in [0.2, 0.25) is 0 Å². The zero-order chi connectivity index (χ0) is 13.7. The first-order valence-corrected chi connectivity index (χ1v) is 6.89. The SMILES string of the molecule is COc1ccc2c(c1)C(NCCCN(C)C)CCO2. The van der Waals surface area contributed by atoms with Crippen molar-refractivity contribution in [1.82, 2.24) is 10.2 Å². The first-order chi connectivity index (χ1) is 9.20. The minimum Gasteiger partial charge on any atom is -0.497 e. The molecular formula is C15H24N2O2. The largest absolute Gasteiger partial charge is 0.497 e. The van der Waals surface area contributed by atoms with E-state index in [4.69, 9.17) is 9.47 Å². The molecule has 0 spiro atoms. The second kappa shape index (κ2) is 6.78. The Morgan fingerprint density at radius 3 is 3.00 bits per heavy atom. The second-order valence-corrected chi connectivity index (χ2v) is 5.20. The van der Waals surface area contributed by atoms with Gasteiger partial charge in [0.2, 0.25) is 0 Å². The molecule has 1 unspecified atom stereocenters. The van der Waals surface area contributed by atoms with Crippen molar-refractivity contribution in [3.8, 4) is 11.5 Å². The number of nitrogens with one attached hydrogen (secondary N) is 1. The maximum atomic E-state index is 5.69. The second-order valence-electron chi connectivity index (χ2n) is 5.20. The fourth-order valence-electron chi connectivity index (χ4n) is 2.38. The number of ether oxygens (including phenoxy) is 2. The summed E-state index contributed by atoms with van der Waals surface area (Å²) in [6.07, 6.45) is 2.17. The summed E-state index contributed by atoms with van der Waals surface area (Å²) in [5.41, 5.74) is 1.22. The van der Waals surface area contributed by atoms with Gasteiger partial charge in [-0.1, -0.05) is 0 Å². The molecule has 1 aromatic carbocycles. The lowest BCUT2D eigenvalue weighted by Crippen LogP contribution is -2.29. The van der Waals surface area contributed by atoms with Crippen molar-refractivity contribution in [2.24, 2.45) is 0 Å². The molecule has 1 atom stereocenters. The average molecular weight is 264 g/mol. The van der Waals surface area contributed by atoms with E-state index in [1.807, 2.05) is 12.1 Å². The fraction of sp³-hybridized carbons (Fsp3) is 0.600. The molecule has 0 fully saturated rings. The summed E-state index contributed by atoms with van der Waals surface area (Å²) in [4.78, 5) is 2.21. The normalized spacial score (nSPS) is 18.0. The van der Waals surface area contributed by atoms with Gasteiger partial charge in [0.1, 0.15) is 11.5 Å². The van der Waals surface area contributed by atoms with Crippen LogP contribution in [0.25, 0.3) is 0 Å². The third kappa shape index (κ3) is 3.85. The highest BCUT2D eigenvalue weighted by Crippen LogP contribution is 2.34. The van der Waals surface area contributed by atoms with Gasteiger partial charge in [-0.2, -0.15) is 0 Å². The van der Waals surface area contributed by atoms with Crippen LogP contribution in [0.1, 0.15) is 24.4 Å². The monoisotopic (exact) mass is 264 g/mol. The van der Waals surface area contributed by atoms with Gasteiger partial charge in [-0.3, -0.25) is 0 Å². The molecule has 1 aliphatic heterocycles. The van der Waals surface area contributed by atoms with Crippen molar-refractivity contribution in [3.05, 3.63) is 23.8 Å². The topological polar surface area (TPSA) is 33.7 Å². The van der Waals surface area contributed by atoms with Crippen LogP contribution in [0.15, 0.2) is 18.2 Å². The van der Waals surface area contributed by atoms with Crippen molar-refractivity contribution in [2.75, 3.05) is 40.9 Å². The van der Waals surface area contributed by atoms with Gasteiger partial charge in [0.15, 0.2) is 0 Å². The molecule has 0 aliphatic carbocycles. The Kier molecular flexibility index (Phi) is 5.05. The number of nitrogens with zero attached hydrogens (tertiary/aromatic N) is 1. The molecule has 4 nitrogen and oxygen atoms in total. The van der Waals surface area contributed by atoms with Gasteiger partial charge in [0, 0.05) is 18.0 Å². The highest BCUT2D eigenvalue weighted by molar-refractivity contribution is 5.43. The molecule has 2 rings (SSSR count). The zero-order valence-corrected chi connectivity index (χ0v) is 12.1. The summed E-state index contributed by atoms with van der Waals surface area (Å²) in [5.74, 6) is 1.88. The quantitative estimate of drug-likeness (QED) is 0.797. The van der Waals surface area contributed by atoms with Gasteiger partial charge in [0.25, 0.3) is 0 Å². The van der Waals surface area contributed by atoms with Gasteiger partial charge in [0.05, 0.1) is 13.7 Å². The third-order valence-corrected chi connectivity index (χ3v) is 3.43. The van der Waals surface area contributed by atoms with E-state index in [2.05, 4.69) is 30.4 Å². The Bertz CT molecular complexity index is 407. The molecule has 1 aliphatic rings. The number of fused-ring (bicyclic) bond motifs is 1. The Balaban J connectivity index is 1.96. The molecule has 1 heterocycles. The van der Waals surface area contributed by atoms with Crippen LogP contribution in [0.3, 0.4) is 0 Å². The standard InChI is InChI=1S/C15H24N2O2/c1-17(2)9-4-8-16-14-7-10-19-15-6-5-12(18-3)11-13(14)15/h5-6,11,14,16H,4,7-10H2,1-3H3. The first-order valence-electron chi connectivity index (χ1n) is 6.89. The lowest BCUT2D eigenvalue weighted by molar-refractivity contribution is 0.250. The molecule has 4 heteroatoms. The molecule has 0 bridgehead atoms. The van der Waals surface area contributed by atoms with E-state index in [1.165, 1.54) is 5.56 Å². The van der Waals surface area contributed by atoms with Crippen LogP contribution in [0.5, 0.6) is 11.5 Å². The smallest absolute Gasteiger partial charge is 0.124 e. The fourth-order valence-corrected chi connectivity index (χ4v) is 2.38. The van der Waals surface area contributed by atoms with Crippen LogP contribution >= 0.6 is 0 Å². The van der Waals surface area contributed by atoms with Crippen LogP contribution < -0.4 is 14.8 Å². The summed E-state index contributed by atoms with van der Waals surface area (Å²) in [6.45, 7) is 2.92. The van der Waals surface area contributed by atoms with E-state index < -0.39 is 0 Å². The highest BCUT2D eigenvalue weighted by atomic mass is 16.5. The number of methoxy groups -OCH3 is 1. The Morgan fingerprint density at radius 1 is 1.42 bits per heavy atom. The van der Waals surface area contributed by atoms with Crippen LogP contribution in [-0.2, 0) is 0 Å². The van der Waals surface area contributed by atoms with Gasteiger partial charge in [-0.05, 0) is 51.8 Å². The van der Waals surface area contributed by atoms with Crippen molar-refractivity contribution in [3.63, 3.8) is 0 Å². The third-order valence-electron chi connectivity index (χ3n) is 3.43. The maximum Gasteiger partial charge on any atom is 0.124 e. The zero-order valence-electron chi connectivity index (χ0n) is 12.1. The minimum atomic E-state index is 0.376. The van der Waals surface area contributed by atoms with Crippen molar-refractivity contribution >= 4 is 0 Å². The van der Waals surface area contributed by atoms with Gasteiger partial charge in [-0.25, -0.2) is 0 Å². The Hall–Kier alpha value is -1.26. The molecule has 0 radical (unpaired) electrons. The van der Waals surface area contributed by atoms with E-state index in [0.717, 1.165) is 44.0 Å². The Labute approximate surface area is 115 Å². The van der Waals surface area contributed by atoms with Gasteiger partial charge in [-0.15, -0.1) is 0 Å². The lowest BCUT2D eigenvalue weighted by Gasteiger charge is -2.27. The summed E-state index contributed by atoms with van der Waals surface area (Å²) in [7, 11) is 5.91. The molecule has 0 saturated carbocycles. The van der Waals surface area contributed by atoms with Crippen LogP contribution in [0, 0.1) is 0 Å². The molecule has 1 N–H and O–H groups in total. The molecule has 0 aromatic heterocycles. The molecule has 1 aromatic rings. The van der Waals surface area contributed by atoms with E-state index >= 15 is 0 Å².